The summed E-state index contributed by atoms with van der Waals surface area (Å²) < 4.78 is 15.8. The third-order valence-electron chi connectivity index (χ3n) is 1.40. The van der Waals surface area contributed by atoms with Gasteiger partial charge in [-0.25, -0.2) is 0 Å². The van der Waals surface area contributed by atoms with Crippen LogP contribution < -0.4 is 0 Å². The maximum absolute atomic E-state index is 5.33. The van der Waals surface area contributed by atoms with Crippen LogP contribution in [0.25, 0.3) is 0 Å². The predicted molar refractivity (Wildman–Crippen MR) is 39.6 cm³/mol. The van der Waals surface area contributed by atoms with Crippen molar-refractivity contribution in [2.75, 3.05) is 6.61 Å². The van der Waals surface area contributed by atoms with Crippen LogP contribution in [-0.4, -0.2) is 18.8 Å². The first-order valence-electron chi connectivity index (χ1n) is 3.50. The average molecular weight is 164 g/mol. The standard InChI is InChI=1S/C6H13O3P/c1-4-7-10-8-5(2)6(3)9-10/h5-6H,4H2,1-3H3/t5-,6-/m1/s1. The predicted octanol–water partition coefficient (Wildman–Crippen LogP) is 2.07. The Bertz CT molecular complexity index is 99.2. The lowest BCUT2D eigenvalue weighted by molar-refractivity contribution is 0.187. The van der Waals surface area contributed by atoms with E-state index in [0.717, 1.165) is 0 Å². The summed E-state index contributed by atoms with van der Waals surface area (Å²) >= 11 is 0. The van der Waals surface area contributed by atoms with Gasteiger partial charge in [0.1, 0.15) is 0 Å². The van der Waals surface area contributed by atoms with Crippen molar-refractivity contribution < 1.29 is 13.6 Å². The molecule has 0 bridgehead atoms. The molecule has 60 valence electrons. The van der Waals surface area contributed by atoms with Gasteiger partial charge in [0, 0.05) is 0 Å². The Balaban J connectivity index is 2.27. The normalized spacial score (nSPS) is 35.1. The molecule has 0 N–H and O–H groups in total. The average Bonchev–Trinajstić information content (AvgIpc) is 2.14. The molecule has 0 radical (unpaired) electrons. The molecule has 1 heterocycles. The molecule has 0 spiro atoms. The Hall–Kier alpha value is 0.310. The van der Waals surface area contributed by atoms with Crippen molar-refractivity contribution in [1.82, 2.24) is 0 Å². The van der Waals surface area contributed by atoms with E-state index in [2.05, 4.69) is 0 Å². The highest BCUT2D eigenvalue weighted by molar-refractivity contribution is 7.42. The van der Waals surface area contributed by atoms with Gasteiger partial charge in [-0.15, -0.1) is 0 Å². The fraction of sp³-hybridized carbons (Fsp3) is 1.00. The zero-order chi connectivity index (χ0) is 7.56. The molecule has 0 aromatic carbocycles. The highest BCUT2D eigenvalue weighted by Crippen LogP contribution is 2.48. The Morgan fingerprint density at radius 3 is 2.20 bits per heavy atom. The van der Waals surface area contributed by atoms with Crippen LogP contribution in [0.15, 0.2) is 0 Å². The summed E-state index contributed by atoms with van der Waals surface area (Å²) in [6.45, 7) is 6.58. The lowest BCUT2D eigenvalue weighted by Crippen LogP contribution is -2.13. The molecule has 0 unspecified atom stereocenters. The zero-order valence-corrected chi connectivity index (χ0v) is 7.43. The molecule has 0 amide bonds. The Morgan fingerprint density at radius 2 is 1.80 bits per heavy atom. The quantitative estimate of drug-likeness (QED) is 0.585. The summed E-state index contributed by atoms with van der Waals surface area (Å²) in [6, 6.07) is 0. The molecule has 3 nitrogen and oxygen atoms in total. The van der Waals surface area contributed by atoms with E-state index in [-0.39, 0.29) is 12.2 Å². The van der Waals surface area contributed by atoms with Crippen molar-refractivity contribution in [2.24, 2.45) is 0 Å². The monoisotopic (exact) mass is 164 g/mol. The van der Waals surface area contributed by atoms with E-state index in [0.29, 0.717) is 6.61 Å². The first-order chi connectivity index (χ1) is 4.74. The van der Waals surface area contributed by atoms with Gasteiger partial charge >= 0.3 is 8.60 Å². The lowest BCUT2D eigenvalue weighted by atomic mass is 10.3. The maximum atomic E-state index is 5.33. The number of rotatable bonds is 2. The molecule has 10 heavy (non-hydrogen) atoms. The fourth-order valence-corrected chi connectivity index (χ4v) is 1.90. The van der Waals surface area contributed by atoms with E-state index in [1.54, 1.807) is 0 Å². The highest BCUT2D eigenvalue weighted by atomic mass is 31.2. The molecule has 1 aliphatic rings. The smallest absolute Gasteiger partial charge is 0.313 e. The van der Waals surface area contributed by atoms with Gasteiger partial charge in [-0.3, -0.25) is 0 Å². The van der Waals surface area contributed by atoms with Crippen molar-refractivity contribution in [3.63, 3.8) is 0 Å². The van der Waals surface area contributed by atoms with Gasteiger partial charge in [0.05, 0.1) is 18.8 Å². The highest BCUT2D eigenvalue weighted by Gasteiger charge is 2.31. The largest absolute Gasteiger partial charge is 0.333 e. The van der Waals surface area contributed by atoms with Crippen LogP contribution in [0.2, 0.25) is 0 Å². The summed E-state index contributed by atoms with van der Waals surface area (Å²) in [4.78, 5) is 0. The number of hydrogen-bond acceptors (Lipinski definition) is 3. The molecule has 0 saturated carbocycles. The molecular formula is C6H13O3P. The number of hydrogen-bond donors (Lipinski definition) is 0. The second-order valence-corrected chi connectivity index (χ2v) is 3.39. The van der Waals surface area contributed by atoms with Crippen LogP contribution in [0.4, 0.5) is 0 Å². The van der Waals surface area contributed by atoms with Crippen LogP contribution in [0.1, 0.15) is 20.8 Å². The molecule has 1 saturated heterocycles. The summed E-state index contributed by atoms with van der Waals surface area (Å²) in [5, 5.41) is 0. The first kappa shape index (κ1) is 8.41. The minimum absolute atomic E-state index is 0.178. The molecule has 0 aliphatic carbocycles. The van der Waals surface area contributed by atoms with Crippen molar-refractivity contribution in [1.29, 1.82) is 0 Å². The van der Waals surface area contributed by atoms with Crippen LogP contribution in [0.3, 0.4) is 0 Å². The Labute approximate surface area is 62.7 Å². The third-order valence-corrected chi connectivity index (χ3v) is 2.88. The minimum atomic E-state index is -1.02. The van der Waals surface area contributed by atoms with Crippen LogP contribution in [-0.2, 0) is 13.6 Å². The van der Waals surface area contributed by atoms with Gasteiger partial charge in [0.15, 0.2) is 0 Å². The van der Waals surface area contributed by atoms with Gasteiger partial charge in [-0.2, -0.15) is 0 Å². The van der Waals surface area contributed by atoms with Gasteiger partial charge in [0.25, 0.3) is 0 Å². The molecule has 1 rings (SSSR count). The third kappa shape index (κ3) is 1.89. The molecule has 2 atom stereocenters. The molecule has 0 aromatic rings. The second kappa shape index (κ2) is 3.63. The molecule has 0 aromatic heterocycles. The van der Waals surface area contributed by atoms with Gasteiger partial charge < -0.3 is 13.6 Å². The minimum Gasteiger partial charge on any atom is -0.313 e. The van der Waals surface area contributed by atoms with E-state index >= 15 is 0 Å². The van der Waals surface area contributed by atoms with E-state index in [1.165, 1.54) is 0 Å². The fourth-order valence-electron chi connectivity index (χ4n) is 0.634. The molecule has 1 fully saturated rings. The Morgan fingerprint density at radius 1 is 1.30 bits per heavy atom. The van der Waals surface area contributed by atoms with Crippen molar-refractivity contribution >= 4 is 8.60 Å². The SMILES string of the molecule is CCOP1O[C@H](C)[C@@H](C)O1. The maximum Gasteiger partial charge on any atom is 0.333 e. The van der Waals surface area contributed by atoms with Gasteiger partial charge in [-0.1, -0.05) is 0 Å². The summed E-state index contributed by atoms with van der Waals surface area (Å²) in [5.74, 6) is 0. The van der Waals surface area contributed by atoms with E-state index in [9.17, 15) is 0 Å². The molecule has 4 heteroatoms. The van der Waals surface area contributed by atoms with Crippen LogP contribution >= 0.6 is 8.60 Å². The topological polar surface area (TPSA) is 27.7 Å². The van der Waals surface area contributed by atoms with Crippen molar-refractivity contribution in [3.05, 3.63) is 0 Å². The Kier molecular flexibility index (Phi) is 3.05. The van der Waals surface area contributed by atoms with Crippen LogP contribution in [0.5, 0.6) is 0 Å². The second-order valence-electron chi connectivity index (χ2n) is 2.26. The van der Waals surface area contributed by atoms with E-state index in [1.807, 2.05) is 20.8 Å². The van der Waals surface area contributed by atoms with E-state index < -0.39 is 8.60 Å². The molecular weight excluding hydrogens is 151 g/mol. The van der Waals surface area contributed by atoms with Gasteiger partial charge in [-0.05, 0) is 20.8 Å². The van der Waals surface area contributed by atoms with Crippen molar-refractivity contribution in [3.8, 4) is 0 Å². The first-order valence-corrected chi connectivity index (χ1v) is 4.60. The zero-order valence-electron chi connectivity index (χ0n) is 6.53. The van der Waals surface area contributed by atoms with Crippen LogP contribution in [0, 0.1) is 0 Å². The summed E-state index contributed by atoms with van der Waals surface area (Å²) in [5.41, 5.74) is 0. The van der Waals surface area contributed by atoms with E-state index in [4.69, 9.17) is 13.6 Å². The summed E-state index contributed by atoms with van der Waals surface area (Å²) in [6.07, 6.45) is 0.357. The van der Waals surface area contributed by atoms with Gasteiger partial charge in [0.2, 0.25) is 0 Å². The lowest BCUT2D eigenvalue weighted by Gasteiger charge is -2.04. The molecule has 1 aliphatic heterocycles. The summed E-state index contributed by atoms with van der Waals surface area (Å²) in [7, 11) is -1.02. The van der Waals surface area contributed by atoms with Crippen molar-refractivity contribution in [2.45, 2.75) is 33.0 Å².